The molecule has 1 atom stereocenters. The lowest BCUT2D eigenvalue weighted by atomic mass is 9.94. The van der Waals surface area contributed by atoms with Crippen LogP contribution < -0.4 is 15.5 Å². The molecule has 2 amide bonds. The average Bonchev–Trinajstić information content (AvgIpc) is 3.62. The number of hydrogen-bond donors (Lipinski definition) is 2. The molecule has 0 unspecified atom stereocenters. The van der Waals surface area contributed by atoms with Gasteiger partial charge in [0, 0.05) is 38.3 Å². The largest absolute Gasteiger partial charge is 0.439 e. The fourth-order valence-electron chi connectivity index (χ4n) is 5.71. The summed E-state index contributed by atoms with van der Waals surface area (Å²) in [5.74, 6) is 0.929. The van der Waals surface area contributed by atoms with E-state index in [1.54, 1.807) is 42.4 Å². The zero-order chi connectivity index (χ0) is 25.6. The number of rotatable bonds is 5. The molecule has 3 aromatic heterocycles. The SMILES string of the molecule is CN(C)C(=O)c1cc2cnc(Nc3ccc(N4C[C@@]5(CCCNC5)OC4=O)cn3)nc2n1C1CCCC1. The Morgan fingerprint density at radius 1 is 1.19 bits per heavy atom. The summed E-state index contributed by atoms with van der Waals surface area (Å²) in [5, 5.41) is 7.34. The molecule has 3 aromatic rings. The van der Waals surface area contributed by atoms with Gasteiger partial charge in [-0.15, -0.1) is 0 Å². The predicted octanol–water partition coefficient (Wildman–Crippen LogP) is 3.47. The number of fused-ring (bicyclic) bond motifs is 1. The average molecular weight is 505 g/mol. The fourth-order valence-corrected chi connectivity index (χ4v) is 5.71. The summed E-state index contributed by atoms with van der Waals surface area (Å²) in [6, 6.07) is 5.78. The van der Waals surface area contributed by atoms with E-state index in [9.17, 15) is 9.59 Å². The highest BCUT2D eigenvalue weighted by atomic mass is 16.6. The number of nitrogens with zero attached hydrogens (tertiary/aromatic N) is 6. The van der Waals surface area contributed by atoms with Crippen molar-refractivity contribution in [3.05, 3.63) is 36.3 Å². The van der Waals surface area contributed by atoms with Crippen molar-refractivity contribution >= 4 is 40.5 Å². The van der Waals surface area contributed by atoms with Gasteiger partial charge in [-0.2, -0.15) is 4.98 Å². The van der Waals surface area contributed by atoms with Gasteiger partial charge >= 0.3 is 6.09 Å². The van der Waals surface area contributed by atoms with E-state index in [0.29, 0.717) is 36.2 Å². The summed E-state index contributed by atoms with van der Waals surface area (Å²) >= 11 is 0. The number of carbonyl (C=O) groups is 2. The molecule has 11 nitrogen and oxygen atoms in total. The molecule has 194 valence electrons. The molecule has 3 aliphatic rings. The van der Waals surface area contributed by atoms with Gasteiger partial charge in [0.15, 0.2) is 0 Å². The van der Waals surface area contributed by atoms with E-state index >= 15 is 0 Å². The minimum atomic E-state index is -0.462. The molecule has 37 heavy (non-hydrogen) atoms. The molecule has 1 saturated carbocycles. The lowest BCUT2D eigenvalue weighted by molar-refractivity contribution is 0.0366. The summed E-state index contributed by atoms with van der Waals surface area (Å²) in [7, 11) is 3.53. The number of pyridine rings is 1. The van der Waals surface area contributed by atoms with Crippen LogP contribution in [0, 0.1) is 0 Å². The Balaban J connectivity index is 1.24. The number of hydrogen-bond acceptors (Lipinski definition) is 8. The molecule has 5 heterocycles. The highest BCUT2D eigenvalue weighted by Crippen LogP contribution is 2.35. The topological polar surface area (TPSA) is 118 Å². The van der Waals surface area contributed by atoms with Gasteiger partial charge in [-0.1, -0.05) is 12.8 Å². The molecule has 0 bridgehead atoms. The van der Waals surface area contributed by atoms with E-state index in [2.05, 4.69) is 25.2 Å². The summed E-state index contributed by atoms with van der Waals surface area (Å²) < 4.78 is 7.83. The van der Waals surface area contributed by atoms with Crippen LogP contribution in [0.3, 0.4) is 0 Å². The molecule has 2 saturated heterocycles. The van der Waals surface area contributed by atoms with Gasteiger partial charge in [-0.05, 0) is 50.4 Å². The van der Waals surface area contributed by atoms with Gasteiger partial charge in [0.1, 0.15) is 22.8 Å². The Morgan fingerprint density at radius 3 is 2.73 bits per heavy atom. The number of amides is 2. The van der Waals surface area contributed by atoms with Gasteiger partial charge in [-0.3, -0.25) is 9.69 Å². The standard InChI is InChI=1S/C26H32N8O3/c1-32(2)23(35)20-12-17-13-29-24(31-22(17)34(20)18-6-3-4-7-18)30-21-9-8-19(14-28-21)33-16-26(37-25(33)36)10-5-11-27-15-26/h8-9,12-14,18,27H,3-7,10-11,15-16H2,1-2H3,(H,28,29,30,31)/t26-/m0/s1. The first-order valence-corrected chi connectivity index (χ1v) is 13.0. The van der Waals surface area contributed by atoms with Gasteiger partial charge in [0.05, 0.1) is 18.4 Å². The normalized spacial score (nSPS) is 22.1. The van der Waals surface area contributed by atoms with Crippen LogP contribution in [0.25, 0.3) is 11.0 Å². The van der Waals surface area contributed by atoms with Crippen LogP contribution in [0.5, 0.6) is 0 Å². The molecule has 0 aromatic carbocycles. The van der Waals surface area contributed by atoms with Crippen LogP contribution in [-0.4, -0.2) is 75.8 Å². The lowest BCUT2D eigenvalue weighted by Crippen LogP contribution is -2.48. The molecule has 2 N–H and O–H groups in total. The molecule has 0 radical (unpaired) electrons. The van der Waals surface area contributed by atoms with Crippen molar-refractivity contribution in [2.75, 3.05) is 43.9 Å². The summed E-state index contributed by atoms with van der Waals surface area (Å²) in [4.78, 5) is 42.5. The van der Waals surface area contributed by atoms with Crippen LogP contribution in [0.1, 0.15) is 55.1 Å². The molecular weight excluding hydrogens is 472 g/mol. The van der Waals surface area contributed by atoms with Crippen LogP contribution >= 0.6 is 0 Å². The van der Waals surface area contributed by atoms with Crippen LogP contribution in [0.4, 0.5) is 22.2 Å². The highest BCUT2D eigenvalue weighted by molar-refractivity contribution is 5.98. The summed E-state index contributed by atoms with van der Waals surface area (Å²) in [5.41, 5.74) is 1.62. The number of nitrogens with one attached hydrogen (secondary N) is 2. The smallest absolute Gasteiger partial charge is 0.415 e. The highest BCUT2D eigenvalue weighted by Gasteiger charge is 2.46. The zero-order valence-electron chi connectivity index (χ0n) is 21.2. The first-order chi connectivity index (χ1) is 17.9. The quantitative estimate of drug-likeness (QED) is 0.543. The van der Waals surface area contributed by atoms with Crippen LogP contribution in [0.2, 0.25) is 0 Å². The summed E-state index contributed by atoms with van der Waals surface area (Å²) in [6.45, 7) is 2.14. The second kappa shape index (κ2) is 9.29. The van der Waals surface area contributed by atoms with Crippen LogP contribution in [-0.2, 0) is 4.74 Å². The molecular formula is C26H32N8O3. The molecule has 1 spiro atoms. The third-order valence-electron chi connectivity index (χ3n) is 7.59. The third-order valence-corrected chi connectivity index (χ3v) is 7.59. The molecule has 2 aliphatic heterocycles. The first-order valence-electron chi connectivity index (χ1n) is 13.0. The predicted molar refractivity (Wildman–Crippen MR) is 139 cm³/mol. The minimum Gasteiger partial charge on any atom is -0.439 e. The van der Waals surface area contributed by atoms with Gasteiger partial charge in [0.2, 0.25) is 5.95 Å². The maximum absolute atomic E-state index is 12.9. The number of piperidine rings is 1. The fraction of sp³-hybridized carbons (Fsp3) is 0.500. The summed E-state index contributed by atoms with van der Waals surface area (Å²) in [6.07, 6.45) is 9.27. The Bertz CT molecular complexity index is 1320. The van der Waals surface area contributed by atoms with Crippen molar-refractivity contribution in [1.29, 1.82) is 0 Å². The van der Waals surface area contributed by atoms with Crippen molar-refractivity contribution in [3.8, 4) is 0 Å². The van der Waals surface area contributed by atoms with E-state index in [0.717, 1.165) is 56.1 Å². The van der Waals surface area contributed by atoms with Gasteiger partial charge in [0.25, 0.3) is 5.91 Å². The second-order valence-electron chi connectivity index (χ2n) is 10.5. The van der Waals surface area contributed by atoms with Crippen molar-refractivity contribution in [2.24, 2.45) is 0 Å². The van der Waals surface area contributed by atoms with Gasteiger partial charge < -0.3 is 24.8 Å². The Kier molecular flexibility index (Phi) is 5.94. The van der Waals surface area contributed by atoms with Crippen LogP contribution in [0.15, 0.2) is 30.6 Å². The Morgan fingerprint density at radius 2 is 2.03 bits per heavy atom. The zero-order valence-corrected chi connectivity index (χ0v) is 21.2. The van der Waals surface area contributed by atoms with E-state index < -0.39 is 5.60 Å². The Labute approximate surface area is 215 Å². The number of anilines is 3. The van der Waals surface area contributed by atoms with E-state index in [-0.39, 0.29) is 18.0 Å². The molecule has 3 fully saturated rings. The first kappa shape index (κ1) is 23.7. The van der Waals surface area contributed by atoms with Crippen molar-refractivity contribution < 1.29 is 14.3 Å². The minimum absolute atomic E-state index is 0.0390. The monoisotopic (exact) mass is 504 g/mol. The second-order valence-corrected chi connectivity index (χ2v) is 10.5. The molecule has 6 rings (SSSR count). The van der Waals surface area contributed by atoms with Crippen molar-refractivity contribution in [1.82, 2.24) is 29.7 Å². The van der Waals surface area contributed by atoms with Gasteiger partial charge in [-0.25, -0.2) is 14.8 Å². The lowest BCUT2D eigenvalue weighted by Gasteiger charge is -2.31. The third kappa shape index (κ3) is 4.37. The maximum Gasteiger partial charge on any atom is 0.415 e. The number of carbonyl (C=O) groups excluding carboxylic acids is 2. The molecule has 11 heteroatoms. The number of ether oxygens (including phenoxy) is 1. The number of aromatic nitrogens is 4. The van der Waals surface area contributed by atoms with E-state index in [1.165, 1.54) is 0 Å². The Hall–Kier alpha value is -3.73. The van der Waals surface area contributed by atoms with Crippen molar-refractivity contribution in [3.63, 3.8) is 0 Å². The van der Waals surface area contributed by atoms with Crippen molar-refractivity contribution in [2.45, 2.75) is 50.2 Å². The van der Waals surface area contributed by atoms with E-state index in [1.807, 2.05) is 12.1 Å². The molecule has 1 aliphatic carbocycles. The van der Waals surface area contributed by atoms with E-state index in [4.69, 9.17) is 9.72 Å². The maximum atomic E-state index is 12.9.